The van der Waals surface area contributed by atoms with E-state index in [1.54, 1.807) is 24.3 Å². The summed E-state index contributed by atoms with van der Waals surface area (Å²) in [5.74, 6) is -0.163. The first-order valence-corrected chi connectivity index (χ1v) is 13.1. The maximum absolute atomic E-state index is 13.2. The van der Waals surface area contributed by atoms with E-state index in [4.69, 9.17) is 12.2 Å². The predicted octanol–water partition coefficient (Wildman–Crippen LogP) is 6.33. The van der Waals surface area contributed by atoms with Crippen LogP contribution >= 0.6 is 35.3 Å². The van der Waals surface area contributed by atoms with Crippen LogP contribution in [0, 0.1) is 6.92 Å². The van der Waals surface area contributed by atoms with Gasteiger partial charge in [-0.3, -0.25) is 14.9 Å². The Morgan fingerprint density at radius 3 is 2.28 bits per heavy atom. The third-order valence-corrected chi connectivity index (χ3v) is 7.20. The van der Waals surface area contributed by atoms with Gasteiger partial charge in [0, 0.05) is 21.8 Å². The monoisotopic (exact) mass is 533 g/mol. The highest BCUT2D eigenvalue weighted by molar-refractivity contribution is 8.00. The van der Waals surface area contributed by atoms with Gasteiger partial charge in [0.1, 0.15) is 10.3 Å². The quantitative estimate of drug-likeness (QED) is 0.137. The van der Waals surface area contributed by atoms with E-state index in [2.05, 4.69) is 26.1 Å². The molecule has 0 spiro atoms. The third kappa shape index (κ3) is 6.97. The Hall–Kier alpha value is -3.60. The lowest BCUT2D eigenvalue weighted by molar-refractivity contribution is -0.115. The summed E-state index contributed by atoms with van der Waals surface area (Å²) >= 11 is 8.22. The number of nitrogens with zero attached hydrogens (tertiary/aromatic N) is 2. The summed E-state index contributed by atoms with van der Waals surface area (Å²) in [7, 11) is 0. The van der Waals surface area contributed by atoms with Gasteiger partial charge in [-0.2, -0.15) is 0 Å². The average Bonchev–Trinajstić information content (AvgIpc) is 3.27. The van der Waals surface area contributed by atoms with E-state index < -0.39 is 5.25 Å². The van der Waals surface area contributed by atoms with Crippen LogP contribution in [0.1, 0.15) is 33.1 Å². The van der Waals surface area contributed by atoms with Crippen LogP contribution in [0.15, 0.2) is 83.8 Å². The summed E-state index contributed by atoms with van der Waals surface area (Å²) in [6, 6.07) is 24.4. The summed E-state index contributed by atoms with van der Waals surface area (Å²) in [5.41, 5.74) is 3.08. The van der Waals surface area contributed by atoms with Gasteiger partial charge in [0.15, 0.2) is 10.9 Å². The standard InChI is InChI=1S/C26H23N5O2S3/c1-16(32)18-11-13-20(14-12-18)27-25(34)28-21-9-6-10-22(15-21)36-23(19-7-4-3-5-8-19)24(33)29-26-31-30-17(2)35-26/h3-15,23H,1-2H3,(H2,27,28,34)(H,29,31,33). The summed E-state index contributed by atoms with van der Waals surface area (Å²) in [4.78, 5) is 25.6. The zero-order valence-electron chi connectivity index (χ0n) is 19.5. The van der Waals surface area contributed by atoms with E-state index in [0.717, 1.165) is 26.8 Å². The van der Waals surface area contributed by atoms with Crippen LogP contribution in [0.4, 0.5) is 16.5 Å². The molecule has 1 heterocycles. The van der Waals surface area contributed by atoms with E-state index in [1.165, 1.54) is 30.0 Å². The van der Waals surface area contributed by atoms with Crippen molar-refractivity contribution in [2.45, 2.75) is 24.0 Å². The Morgan fingerprint density at radius 1 is 0.889 bits per heavy atom. The lowest BCUT2D eigenvalue weighted by atomic mass is 10.1. The minimum atomic E-state index is -0.490. The number of Topliss-reactive ketones (excluding diaryl/α,β-unsaturated/α-hetero) is 1. The van der Waals surface area contributed by atoms with Crippen molar-refractivity contribution in [3.8, 4) is 0 Å². The molecule has 0 aliphatic rings. The number of aryl methyl sites for hydroxylation is 1. The van der Waals surface area contributed by atoms with Crippen LogP contribution in [0.25, 0.3) is 0 Å². The summed E-state index contributed by atoms with van der Waals surface area (Å²) in [6.45, 7) is 3.37. The molecule has 1 atom stereocenters. The molecular weight excluding hydrogens is 511 g/mol. The van der Waals surface area contributed by atoms with Crippen molar-refractivity contribution in [2.24, 2.45) is 0 Å². The molecule has 0 radical (unpaired) electrons. The van der Waals surface area contributed by atoms with Crippen LogP contribution in [0.5, 0.6) is 0 Å². The third-order valence-electron chi connectivity index (χ3n) is 4.99. The van der Waals surface area contributed by atoms with Crippen molar-refractivity contribution in [3.63, 3.8) is 0 Å². The summed E-state index contributed by atoms with van der Waals surface area (Å²) in [5, 5.41) is 18.3. The minimum absolute atomic E-state index is 0.0116. The van der Waals surface area contributed by atoms with Gasteiger partial charge in [-0.05, 0) is 74.1 Å². The molecule has 3 aromatic carbocycles. The molecule has 7 nitrogen and oxygen atoms in total. The number of carbonyl (C=O) groups excluding carboxylic acids is 2. The number of aromatic nitrogens is 2. The fourth-order valence-corrected chi connectivity index (χ4v) is 5.20. The number of rotatable bonds is 8. The number of thioether (sulfide) groups is 1. The Kier molecular flexibility index (Phi) is 8.42. The molecule has 4 rings (SSSR count). The molecular formula is C26H23N5O2S3. The smallest absolute Gasteiger partial charge is 0.244 e. The molecule has 0 fully saturated rings. The fourth-order valence-electron chi connectivity index (χ4n) is 3.28. The maximum Gasteiger partial charge on any atom is 0.244 e. The van der Waals surface area contributed by atoms with Crippen LogP contribution in [0.2, 0.25) is 0 Å². The molecule has 1 amide bonds. The molecule has 1 aromatic heterocycles. The molecule has 0 bridgehead atoms. The van der Waals surface area contributed by atoms with E-state index in [9.17, 15) is 9.59 Å². The zero-order valence-corrected chi connectivity index (χ0v) is 22.0. The van der Waals surface area contributed by atoms with Gasteiger partial charge < -0.3 is 10.6 Å². The van der Waals surface area contributed by atoms with Crippen molar-refractivity contribution in [1.82, 2.24) is 10.2 Å². The van der Waals surface area contributed by atoms with E-state index in [0.29, 0.717) is 15.8 Å². The fraction of sp³-hybridized carbons (Fsp3) is 0.115. The second-order valence-electron chi connectivity index (χ2n) is 7.76. The number of carbonyl (C=O) groups is 2. The normalized spacial score (nSPS) is 11.4. The maximum atomic E-state index is 13.2. The van der Waals surface area contributed by atoms with Gasteiger partial charge in [-0.25, -0.2) is 0 Å². The Labute approximate surface area is 222 Å². The first kappa shape index (κ1) is 25.5. The van der Waals surface area contributed by atoms with Crippen molar-refractivity contribution in [2.75, 3.05) is 16.0 Å². The second-order valence-corrected chi connectivity index (χ2v) is 10.5. The van der Waals surface area contributed by atoms with E-state index in [1.807, 2.05) is 61.5 Å². The number of amides is 1. The summed E-state index contributed by atoms with van der Waals surface area (Å²) in [6.07, 6.45) is 0. The molecule has 1 unspecified atom stereocenters. The minimum Gasteiger partial charge on any atom is -0.332 e. The lowest BCUT2D eigenvalue weighted by Gasteiger charge is -2.17. The number of thiocarbonyl (C=S) groups is 1. The Balaban J connectivity index is 1.46. The zero-order chi connectivity index (χ0) is 25.5. The van der Waals surface area contributed by atoms with Crippen LogP contribution in [0.3, 0.4) is 0 Å². The highest BCUT2D eigenvalue weighted by Crippen LogP contribution is 2.37. The lowest BCUT2D eigenvalue weighted by Crippen LogP contribution is -2.19. The van der Waals surface area contributed by atoms with Crippen LogP contribution in [-0.4, -0.2) is 27.0 Å². The van der Waals surface area contributed by atoms with Crippen LogP contribution in [-0.2, 0) is 4.79 Å². The molecule has 36 heavy (non-hydrogen) atoms. The number of hydrogen-bond donors (Lipinski definition) is 3. The number of anilines is 3. The van der Waals surface area contributed by atoms with Gasteiger partial charge in [0.2, 0.25) is 11.0 Å². The van der Waals surface area contributed by atoms with Crippen molar-refractivity contribution < 1.29 is 9.59 Å². The topological polar surface area (TPSA) is 96.0 Å². The largest absolute Gasteiger partial charge is 0.332 e. The van der Waals surface area contributed by atoms with Crippen molar-refractivity contribution in [3.05, 3.63) is 95.0 Å². The van der Waals surface area contributed by atoms with Gasteiger partial charge in [-0.15, -0.1) is 22.0 Å². The number of benzene rings is 3. The highest BCUT2D eigenvalue weighted by atomic mass is 32.2. The Bertz CT molecular complexity index is 1370. The number of ketones is 1. The SMILES string of the molecule is CC(=O)c1ccc(NC(=S)Nc2cccc(SC(C(=O)Nc3nnc(C)s3)c3ccccc3)c2)cc1. The van der Waals surface area contributed by atoms with Gasteiger partial charge in [-0.1, -0.05) is 47.7 Å². The van der Waals surface area contributed by atoms with Gasteiger partial charge in [0.05, 0.1) is 0 Å². The summed E-state index contributed by atoms with van der Waals surface area (Å²) < 4.78 is 0. The van der Waals surface area contributed by atoms with Crippen LogP contribution < -0.4 is 16.0 Å². The second kappa shape index (κ2) is 11.9. The molecule has 0 saturated carbocycles. The highest BCUT2D eigenvalue weighted by Gasteiger charge is 2.23. The molecule has 0 aliphatic carbocycles. The van der Waals surface area contributed by atoms with Gasteiger partial charge in [0.25, 0.3) is 0 Å². The molecule has 0 saturated heterocycles. The first-order valence-electron chi connectivity index (χ1n) is 11.0. The number of hydrogen-bond acceptors (Lipinski definition) is 7. The molecule has 182 valence electrons. The predicted molar refractivity (Wildman–Crippen MR) is 151 cm³/mol. The molecule has 4 aromatic rings. The molecule has 3 N–H and O–H groups in total. The number of nitrogens with one attached hydrogen (secondary N) is 3. The Morgan fingerprint density at radius 2 is 1.61 bits per heavy atom. The van der Waals surface area contributed by atoms with E-state index in [-0.39, 0.29) is 11.7 Å². The van der Waals surface area contributed by atoms with Crippen molar-refractivity contribution >= 4 is 68.6 Å². The molecule has 10 heteroatoms. The average molecular weight is 534 g/mol. The first-order chi connectivity index (χ1) is 17.4. The van der Waals surface area contributed by atoms with E-state index >= 15 is 0 Å². The van der Waals surface area contributed by atoms with Gasteiger partial charge >= 0.3 is 0 Å². The molecule has 0 aliphatic heterocycles. The van der Waals surface area contributed by atoms with Crippen molar-refractivity contribution in [1.29, 1.82) is 0 Å².